The van der Waals surface area contributed by atoms with Crippen molar-refractivity contribution in [2.45, 2.75) is 13.3 Å². The summed E-state index contributed by atoms with van der Waals surface area (Å²) < 4.78 is 1.74. The number of carboxylic acid groups (broad SMARTS) is 1. The Bertz CT molecular complexity index is 549. The molecule has 2 rings (SSSR count). The van der Waals surface area contributed by atoms with E-state index in [1.165, 1.54) is 0 Å². The molecule has 2 aromatic heterocycles. The molecule has 0 amide bonds. The highest BCUT2D eigenvalue weighted by atomic mass is 16.4. The molecular weight excluding hydrogens is 220 g/mol. The Morgan fingerprint density at radius 1 is 1.59 bits per heavy atom. The zero-order valence-electron chi connectivity index (χ0n) is 9.79. The Morgan fingerprint density at radius 2 is 2.35 bits per heavy atom. The van der Waals surface area contributed by atoms with Gasteiger partial charge in [-0.05, 0) is 13.0 Å². The lowest BCUT2D eigenvalue weighted by atomic mass is 10.3. The van der Waals surface area contributed by atoms with Crippen LogP contribution in [0.3, 0.4) is 0 Å². The van der Waals surface area contributed by atoms with Gasteiger partial charge in [-0.1, -0.05) is 0 Å². The van der Waals surface area contributed by atoms with E-state index in [2.05, 4.69) is 10.1 Å². The molecule has 6 heteroatoms. The number of anilines is 1. The Labute approximate surface area is 98.5 Å². The van der Waals surface area contributed by atoms with Gasteiger partial charge in [0, 0.05) is 26.0 Å². The number of carboxylic acids is 1. The molecule has 0 aliphatic heterocycles. The maximum Gasteiger partial charge on any atom is 0.305 e. The molecule has 0 aliphatic carbocycles. The van der Waals surface area contributed by atoms with Crippen LogP contribution in [0.4, 0.5) is 5.82 Å². The summed E-state index contributed by atoms with van der Waals surface area (Å²) in [4.78, 5) is 16.6. The minimum absolute atomic E-state index is 0.0896. The first-order chi connectivity index (χ1) is 8.08. The number of rotatable bonds is 4. The summed E-state index contributed by atoms with van der Waals surface area (Å²) in [5.41, 5.74) is 1.80. The second-order valence-corrected chi connectivity index (χ2v) is 3.93. The third-order valence-electron chi connectivity index (χ3n) is 2.51. The summed E-state index contributed by atoms with van der Waals surface area (Å²) in [5, 5.41) is 12.9. The van der Waals surface area contributed by atoms with E-state index in [1.807, 2.05) is 24.9 Å². The van der Waals surface area contributed by atoms with Crippen LogP contribution in [0, 0.1) is 6.92 Å². The maximum absolute atomic E-state index is 10.5. The number of aromatic nitrogens is 3. The van der Waals surface area contributed by atoms with Gasteiger partial charge in [0.25, 0.3) is 0 Å². The molecule has 0 aliphatic rings. The molecule has 0 saturated heterocycles. The third kappa shape index (κ3) is 2.35. The molecule has 90 valence electrons. The van der Waals surface area contributed by atoms with Gasteiger partial charge in [-0.15, -0.1) is 0 Å². The summed E-state index contributed by atoms with van der Waals surface area (Å²) in [7, 11) is 1.83. The molecule has 0 bridgehead atoms. The minimum Gasteiger partial charge on any atom is -0.481 e. The molecule has 0 saturated carbocycles. The predicted octanol–water partition coefficient (Wildman–Crippen LogP) is 0.949. The van der Waals surface area contributed by atoms with E-state index in [9.17, 15) is 4.79 Å². The van der Waals surface area contributed by atoms with Crippen LogP contribution < -0.4 is 4.90 Å². The normalized spacial score (nSPS) is 10.7. The highest BCUT2D eigenvalue weighted by molar-refractivity contribution is 5.71. The fourth-order valence-corrected chi connectivity index (χ4v) is 1.69. The van der Waals surface area contributed by atoms with Gasteiger partial charge < -0.3 is 10.0 Å². The monoisotopic (exact) mass is 234 g/mol. The second kappa shape index (κ2) is 4.40. The average Bonchev–Trinajstić information content (AvgIpc) is 2.65. The van der Waals surface area contributed by atoms with E-state index < -0.39 is 5.97 Å². The van der Waals surface area contributed by atoms with Gasteiger partial charge in [-0.2, -0.15) is 5.10 Å². The van der Waals surface area contributed by atoms with Crippen molar-refractivity contribution in [3.63, 3.8) is 0 Å². The van der Waals surface area contributed by atoms with Crippen LogP contribution in [0.25, 0.3) is 5.52 Å². The van der Waals surface area contributed by atoms with Crippen LogP contribution in [0.1, 0.15) is 12.1 Å². The van der Waals surface area contributed by atoms with Gasteiger partial charge in [0.05, 0.1) is 12.1 Å². The molecule has 2 heterocycles. The maximum atomic E-state index is 10.5. The van der Waals surface area contributed by atoms with Crippen molar-refractivity contribution < 1.29 is 9.90 Å². The van der Waals surface area contributed by atoms with Crippen LogP contribution in [0.2, 0.25) is 0 Å². The molecule has 2 aromatic rings. The van der Waals surface area contributed by atoms with E-state index in [4.69, 9.17) is 5.11 Å². The number of nitrogens with zero attached hydrogens (tertiary/aromatic N) is 4. The molecule has 0 atom stereocenters. The Balaban J connectivity index is 2.30. The lowest BCUT2D eigenvalue weighted by Crippen LogP contribution is -2.22. The van der Waals surface area contributed by atoms with Crippen molar-refractivity contribution in [2.24, 2.45) is 0 Å². The first-order valence-electron chi connectivity index (χ1n) is 5.32. The van der Waals surface area contributed by atoms with Gasteiger partial charge in [0.15, 0.2) is 5.82 Å². The van der Waals surface area contributed by atoms with Gasteiger partial charge >= 0.3 is 5.97 Å². The van der Waals surface area contributed by atoms with Crippen molar-refractivity contribution in [1.29, 1.82) is 0 Å². The SMILES string of the molecule is Cc1cc2c(N(C)CCC(=O)O)nccn2n1. The van der Waals surface area contributed by atoms with Crippen molar-refractivity contribution in [2.75, 3.05) is 18.5 Å². The molecule has 0 spiro atoms. The summed E-state index contributed by atoms with van der Waals surface area (Å²) in [6.45, 7) is 2.33. The van der Waals surface area contributed by atoms with E-state index in [1.54, 1.807) is 16.9 Å². The lowest BCUT2D eigenvalue weighted by molar-refractivity contribution is -0.136. The standard InChI is InChI=1S/C11H14N4O2/c1-8-7-9-11(12-4-6-15(9)13-8)14(2)5-3-10(16)17/h4,6-7H,3,5H2,1-2H3,(H,16,17). The summed E-state index contributed by atoms with van der Waals surface area (Å²) in [6.07, 6.45) is 3.52. The highest BCUT2D eigenvalue weighted by Crippen LogP contribution is 2.18. The molecule has 0 aromatic carbocycles. The minimum atomic E-state index is -0.812. The highest BCUT2D eigenvalue weighted by Gasteiger charge is 2.10. The van der Waals surface area contributed by atoms with Crippen molar-refractivity contribution in [3.8, 4) is 0 Å². The van der Waals surface area contributed by atoms with Crippen molar-refractivity contribution in [1.82, 2.24) is 14.6 Å². The van der Waals surface area contributed by atoms with Crippen LogP contribution in [0.15, 0.2) is 18.5 Å². The summed E-state index contributed by atoms with van der Waals surface area (Å²) >= 11 is 0. The van der Waals surface area contributed by atoms with Gasteiger partial charge in [-0.3, -0.25) is 4.79 Å². The van der Waals surface area contributed by atoms with Crippen molar-refractivity contribution >= 4 is 17.3 Å². The fourth-order valence-electron chi connectivity index (χ4n) is 1.69. The fraction of sp³-hybridized carbons (Fsp3) is 0.364. The summed E-state index contributed by atoms with van der Waals surface area (Å²) in [5.74, 6) is -0.0668. The number of carbonyl (C=O) groups is 1. The average molecular weight is 234 g/mol. The van der Waals surface area contributed by atoms with Crippen LogP contribution in [-0.2, 0) is 4.79 Å². The molecule has 6 nitrogen and oxygen atoms in total. The lowest BCUT2D eigenvalue weighted by Gasteiger charge is -2.17. The Kier molecular flexibility index (Phi) is 2.95. The van der Waals surface area contributed by atoms with Crippen LogP contribution in [-0.4, -0.2) is 39.3 Å². The largest absolute Gasteiger partial charge is 0.481 e. The number of fused-ring (bicyclic) bond motifs is 1. The van der Waals surface area contributed by atoms with Gasteiger partial charge in [0.1, 0.15) is 5.52 Å². The zero-order valence-corrected chi connectivity index (χ0v) is 9.79. The number of hydrogen-bond donors (Lipinski definition) is 1. The molecule has 0 radical (unpaired) electrons. The molecule has 0 fully saturated rings. The Morgan fingerprint density at radius 3 is 3.06 bits per heavy atom. The number of aryl methyl sites for hydroxylation is 1. The van der Waals surface area contributed by atoms with Crippen molar-refractivity contribution in [3.05, 3.63) is 24.2 Å². The third-order valence-corrected chi connectivity index (χ3v) is 2.51. The first-order valence-corrected chi connectivity index (χ1v) is 5.32. The molecule has 1 N–H and O–H groups in total. The second-order valence-electron chi connectivity index (χ2n) is 3.93. The molecular formula is C11H14N4O2. The first kappa shape index (κ1) is 11.4. The quantitative estimate of drug-likeness (QED) is 0.852. The van der Waals surface area contributed by atoms with Crippen LogP contribution >= 0.6 is 0 Å². The zero-order chi connectivity index (χ0) is 12.4. The smallest absolute Gasteiger partial charge is 0.305 e. The predicted molar refractivity (Wildman–Crippen MR) is 63.2 cm³/mol. The van der Waals surface area contributed by atoms with E-state index in [0.29, 0.717) is 6.54 Å². The molecule has 0 unspecified atom stereocenters. The topological polar surface area (TPSA) is 70.7 Å². The van der Waals surface area contributed by atoms with Crippen LogP contribution in [0.5, 0.6) is 0 Å². The van der Waals surface area contributed by atoms with Gasteiger partial charge in [-0.25, -0.2) is 9.50 Å². The molecule has 17 heavy (non-hydrogen) atoms. The van der Waals surface area contributed by atoms with E-state index in [-0.39, 0.29) is 6.42 Å². The number of hydrogen-bond acceptors (Lipinski definition) is 4. The van der Waals surface area contributed by atoms with Gasteiger partial charge in [0.2, 0.25) is 0 Å². The Hall–Kier alpha value is -2.11. The summed E-state index contributed by atoms with van der Waals surface area (Å²) in [6, 6.07) is 1.93. The van der Waals surface area contributed by atoms with E-state index in [0.717, 1.165) is 17.0 Å². The number of aliphatic carboxylic acids is 1. The van der Waals surface area contributed by atoms with E-state index >= 15 is 0 Å².